The van der Waals surface area contributed by atoms with E-state index in [4.69, 9.17) is 26.1 Å². The van der Waals surface area contributed by atoms with Gasteiger partial charge in [0.25, 0.3) is 0 Å². The molecule has 1 atom stereocenters. The van der Waals surface area contributed by atoms with E-state index in [2.05, 4.69) is 25.6 Å². The van der Waals surface area contributed by atoms with E-state index in [1.165, 1.54) is 0 Å². The second-order valence-corrected chi connectivity index (χ2v) is 5.91. The first-order chi connectivity index (χ1) is 13.1. The van der Waals surface area contributed by atoms with Crippen LogP contribution in [-0.2, 0) is 9.47 Å². The predicted molar refractivity (Wildman–Crippen MR) is 106 cm³/mol. The summed E-state index contributed by atoms with van der Waals surface area (Å²) >= 11 is 5.18. The number of hydrogen-bond acceptors (Lipinski definition) is 7. The average molecular weight is 387 g/mol. The molecule has 2 N–H and O–H groups in total. The first-order valence-corrected chi connectivity index (χ1v) is 8.98. The number of nitrogens with zero attached hydrogens (tertiary/aromatic N) is 3. The number of thiocarbonyl (C=S) groups is 1. The Morgan fingerprint density at radius 2 is 2.07 bits per heavy atom. The van der Waals surface area contributed by atoms with E-state index in [1.807, 2.05) is 19.9 Å². The van der Waals surface area contributed by atoms with Crippen molar-refractivity contribution < 1.29 is 13.9 Å². The Hall–Kier alpha value is -2.62. The number of methoxy groups -OCH3 is 1. The lowest BCUT2D eigenvalue weighted by Gasteiger charge is -2.11. The number of aromatic nitrogens is 3. The van der Waals surface area contributed by atoms with Crippen LogP contribution < -0.4 is 10.6 Å². The molecule has 3 rings (SSSR count). The summed E-state index contributed by atoms with van der Waals surface area (Å²) < 4.78 is 16.6. The predicted octanol–water partition coefficient (Wildman–Crippen LogP) is 3.27. The maximum atomic E-state index is 5.82. The smallest absolute Gasteiger partial charge is 0.216 e. The van der Waals surface area contributed by atoms with Crippen molar-refractivity contribution in [3.8, 4) is 11.5 Å². The van der Waals surface area contributed by atoms with Gasteiger partial charge in [0.1, 0.15) is 17.0 Å². The molecule has 0 amide bonds. The standard InChI is InChI=1S/C18H21N5O3S/c1-4-19-18(27)23-15-9-6-11-16(22-15)21-12(10-20-11)13-7-8-14(26-13)17(24-3)25-5-2/h6-10,17H,4-5H2,1-3H3,(H2,19,21,22,23,27). The van der Waals surface area contributed by atoms with Crippen molar-refractivity contribution in [1.82, 2.24) is 20.3 Å². The quantitative estimate of drug-likeness (QED) is 0.468. The summed E-state index contributed by atoms with van der Waals surface area (Å²) in [6, 6.07) is 7.24. The van der Waals surface area contributed by atoms with Crippen LogP contribution in [0.15, 0.2) is 34.9 Å². The number of hydrogen-bond donors (Lipinski definition) is 2. The zero-order chi connectivity index (χ0) is 19.2. The number of fused-ring (bicyclic) bond motifs is 1. The SMILES string of the molecule is CCNC(=S)Nc1ccc2ncc(-c3ccc(C(OC)OCC)o3)nc2n1. The lowest BCUT2D eigenvalue weighted by molar-refractivity contribution is -0.134. The molecule has 3 heterocycles. The molecule has 3 aromatic rings. The molecule has 8 nitrogen and oxygen atoms in total. The van der Waals surface area contributed by atoms with E-state index >= 15 is 0 Å². The minimum atomic E-state index is -0.557. The van der Waals surface area contributed by atoms with E-state index < -0.39 is 6.29 Å². The van der Waals surface area contributed by atoms with Crippen LogP contribution in [0.5, 0.6) is 0 Å². The van der Waals surface area contributed by atoms with E-state index in [1.54, 1.807) is 31.5 Å². The van der Waals surface area contributed by atoms with Crippen molar-refractivity contribution in [2.75, 3.05) is 25.6 Å². The van der Waals surface area contributed by atoms with Gasteiger partial charge in [0.15, 0.2) is 22.3 Å². The van der Waals surface area contributed by atoms with E-state index in [9.17, 15) is 0 Å². The molecule has 0 aliphatic heterocycles. The topological polar surface area (TPSA) is 94.3 Å². The van der Waals surface area contributed by atoms with E-state index in [0.717, 1.165) is 6.54 Å². The van der Waals surface area contributed by atoms with Crippen LogP contribution in [0, 0.1) is 0 Å². The van der Waals surface area contributed by atoms with Crippen LogP contribution in [0.2, 0.25) is 0 Å². The molecule has 9 heteroatoms. The fraction of sp³-hybridized carbons (Fsp3) is 0.333. The molecule has 3 aromatic heterocycles. The Morgan fingerprint density at radius 1 is 1.22 bits per heavy atom. The molecule has 142 valence electrons. The molecule has 0 saturated carbocycles. The molecule has 0 bridgehead atoms. The van der Waals surface area contributed by atoms with Crippen LogP contribution in [0.25, 0.3) is 22.6 Å². The van der Waals surface area contributed by atoms with Crippen LogP contribution >= 0.6 is 12.2 Å². The fourth-order valence-corrected chi connectivity index (χ4v) is 2.69. The molecule has 1 unspecified atom stereocenters. The van der Waals surface area contributed by atoms with Crippen LogP contribution in [0.4, 0.5) is 5.82 Å². The molecule has 0 aromatic carbocycles. The van der Waals surface area contributed by atoms with Crippen molar-refractivity contribution in [3.05, 3.63) is 36.2 Å². The normalized spacial score (nSPS) is 12.1. The summed E-state index contributed by atoms with van der Waals surface area (Å²) in [6.45, 7) is 5.10. The third-order valence-corrected chi connectivity index (χ3v) is 3.88. The maximum Gasteiger partial charge on any atom is 0.216 e. The van der Waals surface area contributed by atoms with Crippen molar-refractivity contribution in [3.63, 3.8) is 0 Å². The van der Waals surface area contributed by atoms with Crippen LogP contribution in [0.3, 0.4) is 0 Å². The minimum Gasteiger partial charge on any atom is -0.454 e. The number of rotatable bonds is 7. The highest BCUT2D eigenvalue weighted by molar-refractivity contribution is 7.80. The van der Waals surface area contributed by atoms with Gasteiger partial charge in [-0.05, 0) is 50.3 Å². The van der Waals surface area contributed by atoms with Gasteiger partial charge in [-0.1, -0.05) is 0 Å². The number of pyridine rings is 1. The first-order valence-electron chi connectivity index (χ1n) is 8.57. The molecule has 0 spiro atoms. The largest absolute Gasteiger partial charge is 0.454 e. The summed E-state index contributed by atoms with van der Waals surface area (Å²) in [7, 11) is 1.56. The molecule has 0 aliphatic rings. The monoisotopic (exact) mass is 387 g/mol. The molecule has 0 fully saturated rings. The maximum absolute atomic E-state index is 5.82. The highest BCUT2D eigenvalue weighted by Crippen LogP contribution is 2.27. The summed E-state index contributed by atoms with van der Waals surface area (Å²) in [5.74, 6) is 1.72. The van der Waals surface area contributed by atoms with Gasteiger partial charge in [0.05, 0.1) is 6.20 Å². The van der Waals surface area contributed by atoms with Crippen molar-refractivity contribution in [2.45, 2.75) is 20.1 Å². The number of anilines is 1. The Kier molecular flexibility index (Phi) is 6.28. The third-order valence-electron chi connectivity index (χ3n) is 3.63. The van der Waals surface area contributed by atoms with Gasteiger partial charge in [-0.25, -0.2) is 9.97 Å². The number of nitrogens with one attached hydrogen (secondary N) is 2. The van der Waals surface area contributed by atoms with E-state index in [-0.39, 0.29) is 0 Å². The molecule has 0 saturated heterocycles. The summed E-state index contributed by atoms with van der Waals surface area (Å²) in [4.78, 5) is 13.4. The average Bonchev–Trinajstić information content (AvgIpc) is 3.15. The molecule has 0 aliphatic carbocycles. The Morgan fingerprint density at radius 3 is 2.81 bits per heavy atom. The van der Waals surface area contributed by atoms with Gasteiger partial charge < -0.3 is 24.5 Å². The first kappa shape index (κ1) is 19.2. The summed E-state index contributed by atoms with van der Waals surface area (Å²) in [5, 5.41) is 6.54. The molecule has 27 heavy (non-hydrogen) atoms. The van der Waals surface area contributed by atoms with Gasteiger partial charge in [0, 0.05) is 20.3 Å². The zero-order valence-electron chi connectivity index (χ0n) is 15.4. The second kappa shape index (κ2) is 8.85. The molecule has 0 radical (unpaired) electrons. The zero-order valence-corrected chi connectivity index (χ0v) is 16.2. The highest BCUT2D eigenvalue weighted by atomic mass is 32.1. The number of ether oxygens (including phenoxy) is 2. The molecular formula is C18H21N5O3S. The lowest BCUT2D eigenvalue weighted by Crippen LogP contribution is -2.28. The second-order valence-electron chi connectivity index (χ2n) is 5.50. The fourth-order valence-electron chi connectivity index (χ4n) is 2.44. The third kappa shape index (κ3) is 4.57. The van der Waals surface area contributed by atoms with Gasteiger partial charge in [-0.3, -0.25) is 4.98 Å². The Bertz CT molecular complexity index is 930. The molecular weight excluding hydrogens is 366 g/mol. The Labute approximate surface area is 162 Å². The number of furan rings is 1. The van der Waals surface area contributed by atoms with Crippen molar-refractivity contribution in [1.29, 1.82) is 0 Å². The van der Waals surface area contributed by atoms with Gasteiger partial charge in [-0.2, -0.15) is 0 Å². The summed E-state index contributed by atoms with van der Waals surface area (Å²) in [5.41, 5.74) is 1.73. The van der Waals surface area contributed by atoms with Crippen molar-refractivity contribution in [2.24, 2.45) is 0 Å². The minimum absolute atomic E-state index is 0.489. The Balaban J connectivity index is 1.87. The van der Waals surface area contributed by atoms with Gasteiger partial charge in [0.2, 0.25) is 6.29 Å². The lowest BCUT2D eigenvalue weighted by atomic mass is 10.3. The highest BCUT2D eigenvalue weighted by Gasteiger charge is 2.16. The van der Waals surface area contributed by atoms with Crippen molar-refractivity contribution >= 4 is 34.3 Å². The van der Waals surface area contributed by atoms with E-state index in [0.29, 0.717) is 45.9 Å². The van der Waals surface area contributed by atoms with Crippen LogP contribution in [-0.4, -0.2) is 40.3 Å². The van der Waals surface area contributed by atoms with Crippen LogP contribution in [0.1, 0.15) is 25.9 Å². The van der Waals surface area contributed by atoms with Gasteiger partial charge >= 0.3 is 0 Å². The van der Waals surface area contributed by atoms with Gasteiger partial charge in [-0.15, -0.1) is 0 Å². The summed E-state index contributed by atoms with van der Waals surface area (Å²) in [6.07, 6.45) is 1.09.